The van der Waals surface area contributed by atoms with E-state index in [1.54, 1.807) is 36.1 Å². The standard InChI is InChI=1S/C22H33FN6.HI/c1-17-7-12-28(13-8-17)11-4-9-26-22(24-3)27-16-19-5-6-21(20(23)15-19)29-14-10-25-18(29)2;/h5-6,10,14-15,17H,4,7-9,11-13,16H2,1-3H3,(H2,24,26,27);1H. The Morgan fingerprint density at radius 2 is 2.03 bits per heavy atom. The maximum absolute atomic E-state index is 14.5. The lowest BCUT2D eigenvalue weighted by Crippen LogP contribution is -2.39. The Morgan fingerprint density at radius 1 is 1.27 bits per heavy atom. The minimum Gasteiger partial charge on any atom is -0.356 e. The van der Waals surface area contributed by atoms with Gasteiger partial charge in [0.2, 0.25) is 0 Å². The van der Waals surface area contributed by atoms with Gasteiger partial charge in [-0.3, -0.25) is 4.99 Å². The number of nitrogens with zero attached hydrogens (tertiary/aromatic N) is 4. The largest absolute Gasteiger partial charge is 0.356 e. The molecule has 1 aromatic carbocycles. The van der Waals surface area contributed by atoms with E-state index in [1.807, 2.05) is 13.0 Å². The number of aromatic nitrogens is 2. The van der Waals surface area contributed by atoms with Gasteiger partial charge >= 0.3 is 0 Å². The summed E-state index contributed by atoms with van der Waals surface area (Å²) >= 11 is 0. The first kappa shape index (κ1) is 24.6. The maximum atomic E-state index is 14.5. The molecule has 1 fully saturated rings. The second-order valence-corrected chi connectivity index (χ2v) is 7.86. The molecule has 1 aliphatic heterocycles. The molecule has 1 saturated heterocycles. The summed E-state index contributed by atoms with van der Waals surface area (Å²) in [5.41, 5.74) is 1.38. The smallest absolute Gasteiger partial charge is 0.191 e. The molecule has 0 amide bonds. The predicted molar refractivity (Wildman–Crippen MR) is 131 cm³/mol. The minimum atomic E-state index is -0.260. The number of halogens is 2. The third-order valence-corrected chi connectivity index (χ3v) is 5.60. The van der Waals surface area contributed by atoms with Crippen molar-refractivity contribution in [3.8, 4) is 5.69 Å². The number of imidazole rings is 1. The molecule has 2 aromatic rings. The van der Waals surface area contributed by atoms with Crippen molar-refractivity contribution in [2.45, 2.75) is 39.7 Å². The van der Waals surface area contributed by atoms with Gasteiger partial charge in [0.15, 0.2) is 5.96 Å². The number of piperidine rings is 1. The second-order valence-electron chi connectivity index (χ2n) is 7.86. The van der Waals surface area contributed by atoms with Crippen LogP contribution in [0.1, 0.15) is 37.6 Å². The van der Waals surface area contributed by atoms with Crippen molar-refractivity contribution in [3.63, 3.8) is 0 Å². The highest BCUT2D eigenvalue weighted by molar-refractivity contribution is 14.0. The summed E-state index contributed by atoms with van der Waals surface area (Å²) in [4.78, 5) is 11.0. The number of aryl methyl sites for hydroxylation is 1. The highest BCUT2D eigenvalue weighted by Crippen LogP contribution is 2.17. The number of hydrogen-bond acceptors (Lipinski definition) is 3. The van der Waals surface area contributed by atoms with Gasteiger partial charge < -0.3 is 20.1 Å². The molecule has 0 saturated carbocycles. The monoisotopic (exact) mass is 528 g/mol. The van der Waals surface area contributed by atoms with Crippen LogP contribution in [0.15, 0.2) is 35.6 Å². The highest BCUT2D eigenvalue weighted by atomic mass is 127. The fourth-order valence-corrected chi connectivity index (χ4v) is 3.69. The number of hydrogen-bond donors (Lipinski definition) is 2. The first-order valence-electron chi connectivity index (χ1n) is 10.5. The molecular formula is C22H34FIN6. The molecule has 2 N–H and O–H groups in total. The summed E-state index contributed by atoms with van der Waals surface area (Å²) < 4.78 is 16.3. The Kier molecular flexibility index (Phi) is 10.0. The molecule has 8 heteroatoms. The fraction of sp³-hybridized carbons (Fsp3) is 0.545. The molecule has 166 valence electrons. The Hall–Kier alpha value is -1.68. The second kappa shape index (κ2) is 12.2. The molecule has 3 rings (SSSR count). The zero-order chi connectivity index (χ0) is 20.6. The van der Waals surface area contributed by atoms with Crippen LogP contribution in [0.5, 0.6) is 0 Å². The molecule has 0 bridgehead atoms. The van der Waals surface area contributed by atoms with Gasteiger partial charge in [0.05, 0.1) is 5.69 Å². The first-order valence-corrected chi connectivity index (χ1v) is 10.5. The van der Waals surface area contributed by atoms with Crippen LogP contribution in [0, 0.1) is 18.7 Å². The van der Waals surface area contributed by atoms with E-state index in [1.165, 1.54) is 25.9 Å². The average molecular weight is 528 g/mol. The quantitative estimate of drug-likeness (QED) is 0.249. The van der Waals surface area contributed by atoms with Crippen molar-refractivity contribution in [1.29, 1.82) is 0 Å². The van der Waals surface area contributed by atoms with Gasteiger partial charge in [0.1, 0.15) is 11.6 Å². The predicted octanol–water partition coefficient (Wildman–Crippen LogP) is 3.72. The van der Waals surface area contributed by atoms with E-state index in [0.717, 1.165) is 42.8 Å². The van der Waals surface area contributed by atoms with Crippen LogP contribution < -0.4 is 10.6 Å². The molecule has 0 atom stereocenters. The molecule has 6 nitrogen and oxygen atoms in total. The summed E-state index contributed by atoms with van der Waals surface area (Å²) in [6, 6.07) is 5.28. The topological polar surface area (TPSA) is 57.5 Å². The van der Waals surface area contributed by atoms with Crippen LogP contribution in [0.2, 0.25) is 0 Å². The molecule has 1 aliphatic rings. The van der Waals surface area contributed by atoms with Crippen LogP contribution in [0.3, 0.4) is 0 Å². The molecule has 30 heavy (non-hydrogen) atoms. The Balaban J connectivity index is 0.00000320. The van der Waals surface area contributed by atoms with Gasteiger partial charge in [-0.05, 0) is 69.4 Å². The third kappa shape index (κ3) is 6.94. The normalized spacial score (nSPS) is 15.7. The molecular weight excluding hydrogens is 494 g/mol. The van der Waals surface area contributed by atoms with Gasteiger partial charge in [-0.2, -0.15) is 0 Å². The van der Waals surface area contributed by atoms with Crippen LogP contribution in [0.4, 0.5) is 4.39 Å². The number of guanidine groups is 1. The highest BCUT2D eigenvalue weighted by Gasteiger charge is 2.14. The number of benzene rings is 1. The molecule has 2 heterocycles. The first-order chi connectivity index (χ1) is 14.1. The molecule has 0 radical (unpaired) electrons. The molecule has 0 unspecified atom stereocenters. The lowest BCUT2D eigenvalue weighted by Gasteiger charge is -2.30. The summed E-state index contributed by atoms with van der Waals surface area (Å²) in [5, 5.41) is 6.61. The van der Waals surface area contributed by atoms with E-state index in [0.29, 0.717) is 12.2 Å². The van der Waals surface area contributed by atoms with Crippen LogP contribution >= 0.6 is 24.0 Å². The van der Waals surface area contributed by atoms with Crippen molar-refractivity contribution < 1.29 is 4.39 Å². The van der Waals surface area contributed by atoms with Gasteiger partial charge in [0, 0.05) is 32.5 Å². The van der Waals surface area contributed by atoms with Gasteiger partial charge in [0.25, 0.3) is 0 Å². The fourth-order valence-electron chi connectivity index (χ4n) is 3.69. The van der Waals surface area contributed by atoms with E-state index in [2.05, 4.69) is 32.4 Å². The molecule has 1 aromatic heterocycles. The van der Waals surface area contributed by atoms with Gasteiger partial charge in [-0.15, -0.1) is 24.0 Å². The summed E-state index contributed by atoms with van der Waals surface area (Å²) in [7, 11) is 1.76. The van der Waals surface area contributed by atoms with Gasteiger partial charge in [-0.1, -0.05) is 13.0 Å². The lowest BCUT2D eigenvalue weighted by atomic mass is 9.99. The summed E-state index contributed by atoms with van der Waals surface area (Å²) in [6.07, 6.45) is 7.15. The van der Waals surface area contributed by atoms with Crippen LogP contribution in [0.25, 0.3) is 5.69 Å². The Labute approximate surface area is 196 Å². The third-order valence-electron chi connectivity index (χ3n) is 5.60. The lowest BCUT2D eigenvalue weighted by molar-refractivity contribution is 0.191. The van der Waals surface area contributed by atoms with Crippen LogP contribution in [-0.4, -0.2) is 53.6 Å². The molecule has 0 spiro atoms. The average Bonchev–Trinajstić information content (AvgIpc) is 3.14. The number of rotatable bonds is 7. The number of aliphatic imine (C=N–C) groups is 1. The number of likely N-dealkylation sites (tertiary alicyclic amines) is 1. The van der Waals surface area contributed by atoms with E-state index < -0.39 is 0 Å². The van der Waals surface area contributed by atoms with Gasteiger partial charge in [-0.25, -0.2) is 9.37 Å². The zero-order valence-electron chi connectivity index (χ0n) is 18.2. The molecule has 0 aliphatic carbocycles. The van der Waals surface area contributed by atoms with Crippen LogP contribution in [-0.2, 0) is 6.54 Å². The van der Waals surface area contributed by atoms with Crippen molar-refractivity contribution in [1.82, 2.24) is 25.1 Å². The maximum Gasteiger partial charge on any atom is 0.191 e. The van der Waals surface area contributed by atoms with E-state index in [-0.39, 0.29) is 29.8 Å². The van der Waals surface area contributed by atoms with Crippen molar-refractivity contribution in [3.05, 3.63) is 47.8 Å². The zero-order valence-corrected chi connectivity index (χ0v) is 20.5. The number of nitrogens with one attached hydrogen (secondary N) is 2. The Morgan fingerprint density at radius 3 is 2.67 bits per heavy atom. The SMILES string of the molecule is CN=C(NCCCN1CCC(C)CC1)NCc1ccc(-n2ccnc2C)c(F)c1.I. The van der Waals surface area contributed by atoms with E-state index >= 15 is 0 Å². The summed E-state index contributed by atoms with van der Waals surface area (Å²) in [5.74, 6) is 2.12. The minimum absolute atomic E-state index is 0. The van der Waals surface area contributed by atoms with E-state index in [4.69, 9.17) is 0 Å². The van der Waals surface area contributed by atoms with Crippen molar-refractivity contribution in [2.75, 3.05) is 33.2 Å². The summed E-state index contributed by atoms with van der Waals surface area (Å²) in [6.45, 7) is 9.14. The van der Waals surface area contributed by atoms with E-state index in [9.17, 15) is 4.39 Å². The van der Waals surface area contributed by atoms with Crippen molar-refractivity contribution in [2.24, 2.45) is 10.9 Å². The van der Waals surface area contributed by atoms with Crippen molar-refractivity contribution >= 4 is 29.9 Å². The Bertz CT molecular complexity index is 814.